The fourth-order valence-corrected chi connectivity index (χ4v) is 5.95. The molecule has 0 aromatic carbocycles. The largest absolute Gasteiger partial charge is 0.271 e. The molecule has 116 valence electrons. The molecule has 0 spiro atoms. The van der Waals surface area contributed by atoms with Crippen molar-refractivity contribution in [1.29, 1.82) is 0 Å². The van der Waals surface area contributed by atoms with Crippen LogP contribution in [0.25, 0.3) is 0 Å². The van der Waals surface area contributed by atoms with Crippen molar-refractivity contribution in [2.45, 2.75) is 52.1 Å². The van der Waals surface area contributed by atoms with E-state index in [2.05, 4.69) is 45.0 Å². The molecule has 4 rings (SSSR count). The van der Waals surface area contributed by atoms with Crippen LogP contribution in [0.5, 0.6) is 0 Å². The maximum absolute atomic E-state index is 5.93. The van der Waals surface area contributed by atoms with Gasteiger partial charge < -0.3 is 0 Å². The molecule has 5 atom stereocenters. The highest BCUT2D eigenvalue weighted by Gasteiger charge is 2.66. The number of hydrogen-bond donors (Lipinski definition) is 2. The minimum absolute atomic E-state index is 0.404. The van der Waals surface area contributed by atoms with Crippen molar-refractivity contribution in [3.63, 3.8) is 0 Å². The third-order valence-corrected chi connectivity index (χ3v) is 7.37. The molecule has 5 unspecified atom stereocenters. The molecular formula is C16H25BrN4. The van der Waals surface area contributed by atoms with Crippen molar-refractivity contribution < 1.29 is 0 Å². The Kier molecular flexibility index (Phi) is 3.43. The third kappa shape index (κ3) is 2.04. The summed E-state index contributed by atoms with van der Waals surface area (Å²) >= 11 is 3.71. The average Bonchev–Trinajstić information content (AvgIpc) is 2.80. The zero-order valence-electron chi connectivity index (χ0n) is 12.8. The minimum Gasteiger partial charge on any atom is -0.271 e. The first-order valence-electron chi connectivity index (χ1n) is 8.33. The molecule has 3 fully saturated rings. The maximum Gasteiger partial charge on any atom is 0.0738 e. The highest BCUT2D eigenvalue weighted by Crippen LogP contribution is 2.70. The molecule has 3 aliphatic carbocycles. The molecule has 1 aromatic rings. The van der Waals surface area contributed by atoms with Crippen molar-refractivity contribution >= 4 is 15.9 Å². The smallest absolute Gasteiger partial charge is 0.0738 e. The summed E-state index contributed by atoms with van der Waals surface area (Å²) in [5.74, 6) is 10.7. The van der Waals surface area contributed by atoms with Crippen LogP contribution in [0.15, 0.2) is 4.47 Å². The summed E-state index contributed by atoms with van der Waals surface area (Å²) < 4.78 is 3.29. The predicted octanol–water partition coefficient (Wildman–Crippen LogP) is 2.64. The zero-order chi connectivity index (χ0) is 14.7. The number of nitrogens with one attached hydrogen (secondary N) is 1. The van der Waals surface area contributed by atoms with Gasteiger partial charge in [0.1, 0.15) is 0 Å². The lowest BCUT2D eigenvalue weighted by Gasteiger charge is -2.20. The van der Waals surface area contributed by atoms with Gasteiger partial charge in [0, 0.05) is 19.0 Å². The summed E-state index contributed by atoms with van der Waals surface area (Å²) in [6.45, 7) is 5.14. The number of fused-ring (bicyclic) bond motifs is 5. The van der Waals surface area contributed by atoms with E-state index in [1.165, 1.54) is 29.4 Å². The molecule has 0 amide bonds. The van der Waals surface area contributed by atoms with E-state index in [-0.39, 0.29) is 0 Å². The topological polar surface area (TPSA) is 55.9 Å². The molecule has 0 aliphatic heterocycles. The van der Waals surface area contributed by atoms with Crippen molar-refractivity contribution in [2.24, 2.45) is 35.4 Å². The number of aromatic nitrogens is 2. The molecule has 0 radical (unpaired) electrons. The van der Waals surface area contributed by atoms with Crippen molar-refractivity contribution in [2.75, 3.05) is 0 Å². The number of halogens is 1. The second kappa shape index (κ2) is 5.07. The minimum atomic E-state index is 0.404. The molecule has 3 N–H and O–H groups in total. The van der Waals surface area contributed by atoms with Crippen LogP contribution in [0.3, 0.4) is 0 Å². The Morgan fingerprint density at radius 1 is 1.38 bits per heavy atom. The van der Waals surface area contributed by atoms with Crippen LogP contribution in [0.1, 0.15) is 37.6 Å². The SMILES string of the molecule is CCn1nc(C)c(Br)c1CC(NN)C1C2C3CCC(C3)C21. The summed E-state index contributed by atoms with van der Waals surface area (Å²) in [4.78, 5) is 0. The Hall–Kier alpha value is -0.390. The number of hydrazine groups is 1. The van der Waals surface area contributed by atoms with Gasteiger partial charge in [-0.3, -0.25) is 16.0 Å². The zero-order valence-corrected chi connectivity index (χ0v) is 14.4. The van der Waals surface area contributed by atoms with Crippen molar-refractivity contribution in [1.82, 2.24) is 15.2 Å². The fraction of sp³-hybridized carbons (Fsp3) is 0.812. The van der Waals surface area contributed by atoms with Crippen LogP contribution in [0.4, 0.5) is 0 Å². The van der Waals surface area contributed by atoms with Gasteiger partial charge in [0.2, 0.25) is 0 Å². The van der Waals surface area contributed by atoms with Crippen molar-refractivity contribution in [3.05, 3.63) is 15.9 Å². The summed E-state index contributed by atoms with van der Waals surface area (Å²) in [7, 11) is 0. The molecule has 2 bridgehead atoms. The normalized spacial score (nSPS) is 37.8. The van der Waals surface area contributed by atoms with Crippen LogP contribution in [-0.4, -0.2) is 15.8 Å². The molecule has 4 nitrogen and oxygen atoms in total. The summed E-state index contributed by atoms with van der Waals surface area (Å²) in [6, 6.07) is 0.404. The molecule has 1 heterocycles. The van der Waals surface area contributed by atoms with Crippen LogP contribution in [0.2, 0.25) is 0 Å². The number of rotatable bonds is 5. The van der Waals surface area contributed by atoms with E-state index in [9.17, 15) is 0 Å². The predicted molar refractivity (Wildman–Crippen MR) is 86.5 cm³/mol. The third-order valence-electron chi connectivity index (χ3n) is 6.34. The van der Waals surface area contributed by atoms with Gasteiger partial charge >= 0.3 is 0 Å². The summed E-state index contributed by atoms with van der Waals surface area (Å²) in [5, 5.41) is 4.61. The van der Waals surface area contributed by atoms with Crippen LogP contribution >= 0.6 is 15.9 Å². The van der Waals surface area contributed by atoms with Gasteiger partial charge in [-0.1, -0.05) is 0 Å². The van der Waals surface area contributed by atoms with E-state index in [0.29, 0.717) is 6.04 Å². The van der Waals surface area contributed by atoms with Crippen molar-refractivity contribution in [3.8, 4) is 0 Å². The Bertz CT molecular complexity index is 539. The molecule has 5 heteroatoms. The number of hydrogen-bond acceptors (Lipinski definition) is 3. The van der Waals surface area contributed by atoms with Gasteiger partial charge in [0.05, 0.1) is 15.9 Å². The van der Waals surface area contributed by atoms with Gasteiger partial charge in [-0.2, -0.15) is 5.10 Å². The van der Waals surface area contributed by atoms with E-state index in [4.69, 9.17) is 5.84 Å². The lowest BCUT2D eigenvalue weighted by molar-refractivity contribution is 0.359. The molecule has 1 aromatic heterocycles. The second-order valence-corrected chi connectivity index (χ2v) is 8.00. The van der Waals surface area contributed by atoms with Gasteiger partial charge in [-0.25, -0.2) is 0 Å². The molecule has 0 saturated heterocycles. The van der Waals surface area contributed by atoms with E-state index in [1.807, 2.05) is 0 Å². The molecular weight excluding hydrogens is 328 g/mol. The Labute approximate surface area is 134 Å². The lowest BCUT2D eigenvalue weighted by Crippen LogP contribution is -2.40. The first-order valence-corrected chi connectivity index (χ1v) is 9.12. The highest BCUT2D eigenvalue weighted by atomic mass is 79.9. The van der Waals surface area contributed by atoms with Gasteiger partial charge in [-0.05, 0) is 78.6 Å². The first kappa shape index (κ1) is 14.2. The van der Waals surface area contributed by atoms with Gasteiger partial charge in [-0.15, -0.1) is 0 Å². The number of aryl methyl sites for hydroxylation is 2. The fourth-order valence-electron chi connectivity index (χ4n) is 5.51. The number of nitrogens with two attached hydrogens (primary N) is 1. The quantitative estimate of drug-likeness (QED) is 0.632. The monoisotopic (exact) mass is 352 g/mol. The molecule has 3 saturated carbocycles. The molecule has 3 aliphatic rings. The van der Waals surface area contributed by atoms with Gasteiger partial charge in [0.15, 0.2) is 0 Å². The Morgan fingerprint density at radius 2 is 2.05 bits per heavy atom. The second-order valence-electron chi connectivity index (χ2n) is 7.20. The molecule has 21 heavy (non-hydrogen) atoms. The van der Waals surface area contributed by atoms with E-state index < -0.39 is 0 Å². The van der Waals surface area contributed by atoms with Crippen LogP contribution in [0, 0.1) is 36.5 Å². The maximum atomic E-state index is 5.93. The Balaban J connectivity index is 1.54. The van der Waals surface area contributed by atoms with E-state index in [1.54, 1.807) is 0 Å². The lowest BCUT2D eigenvalue weighted by atomic mass is 9.95. The van der Waals surface area contributed by atoms with Gasteiger partial charge in [0.25, 0.3) is 0 Å². The van der Waals surface area contributed by atoms with E-state index in [0.717, 1.165) is 48.2 Å². The number of nitrogens with zero attached hydrogens (tertiary/aromatic N) is 2. The Morgan fingerprint density at radius 3 is 2.62 bits per heavy atom. The standard InChI is InChI=1S/C16H25BrN4/c1-3-21-12(16(17)8(2)20-21)7-11(19-18)15-13-9-4-5-10(6-9)14(13)15/h9-11,13-15,19H,3-7,18H2,1-2H3. The highest BCUT2D eigenvalue weighted by molar-refractivity contribution is 9.10. The first-order chi connectivity index (χ1) is 10.2. The van der Waals surface area contributed by atoms with Crippen LogP contribution in [-0.2, 0) is 13.0 Å². The van der Waals surface area contributed by atoms with Crippen LogP contribution < -0.4 is 11.3 Å². The average molecular weight is 353 g/mol. The summed E-state index contributed by atoms with van der Waals surface area (Å²) in [5.41, 5.74) is 5.52. The summed E-state index contributed by atoms with van der Waals surface area (Å²) in [6.07, 6.45) is 5.42. The van der Waals surface area contributed by atoms with E-state index >= 15 is 0 Å².